The lowest BCUT2D eigenvalue weighted by Crippen LogP contribution is -2.53. The van der Waals surface area contributed by atoms with E-state index in [0.717, 1.165) is 24.6 Å². The second-order valence-electron chi connectivity index (χ2n) is 8.61. The summed E-state index contributed by atoms with van der Waals surface area (Å²) >= 11 is 1.84. The third kappa shape index (κ3) is 4.36. The second kappa shape index (κ2) is 9.09. The molecular weight excluding hydrogens is 420 g/mol. The molecule has 3 aliphatic rings. The van der Waals surface area contributed by atoms with E-state index in [4.69, 9.17) is 4.74 Å². The molecule has 1 spiro atoms. The molecule has 1 aliphatic carbocycles. The van der Waals surface area contributed by atoms with Crippen LogP contribution in [0, 0.1) is 5.92 Å². The average molecular weight is 453 g/mol. The van der Waals surface area contributed by atoms with Crippen molar-refractivity contribution in [3.63, 3.8) is 0 Å². The molecule has 1 amide bonds. The maximum atomic E-state index is 13.1. The zero-order valence-corrected chi connectivity index (χ0v) is 19.3. The number of thioether (sulfide) groups is 1. The summed E-state index contributed by atoms with van der Waals surface area (Å²) < 4.78 is 32.8. The Bertz CT molecular complexity index is 842. The van der Waals surface area contributed by atoms with Crippen molar-refractivity contribution in [3.8, 4) is 5.75 Å². The smallest absolute Gasteiger partial charge is 0.243 e. The van der Waals surface area contributed by atoms with Gasteiger partial charge in [-0.15, -0.1) is 11.8 Å². The van der Waals surface area contributed by atoms with E-state index in [1.54, 1.807) is 35.7 Å². The highest BCUT2D eigenvalue weighted by atomic mass is 32.2. The van der Waals surface area contributed by atoms with Crippen LogP contribution < -0.4 is 4.74 Å². The van der Waals surface area contributed by atoms with Gasteiger partial charge in [-0.25, -0.2) is 8.42 Å². The molecule has 6 nitrogen and oxygen atoms in total. The molecule has 1 saturated carbocycles. The Morgan fingerprint density at radius 3 is 2.43 bits per heavy atom. The molecule has 0 radical (unpaired) electrons. The van der Waals surface area contributed by atoms with E-state index in [-0.39, 0.29) is 10.8 Å². The summed E-state index contributed by atoms with van der Waals surface area (Å²) in [6, 6.07) is 6.55. The van der Waals surface area contributed by atoms with Gasteiger partial charge in [-0.05, 0) is 49.4 Å². The van der Waals surface area contributed by atoms with Gasteiger partial charge in [-0.2, -0.15) is 4.31 Å². The molecule has 8 heteroatoms. The van der Waals surface area contributed by atoms with Crippen molar-refractivity contribution in [2.45, 2.75) is 61.1 Å². The van der Waals surface area contributed by atoms with Gasteiger partial charge in [0.2, 0.25) is 15.9 Å². The van der Waals surface area contributed by atoms with Crippen LogP contribution in [0.2, 0.25) is 0 Å². The fourth-order valence-electron chi connectivity index (χ4n) is 5.11. The van der Waals surface area contributed by atoms with Crippen LogP contribution in [0.5, 0.6) is 5.75 Å². The first-order valence-electron chi connectivity index (χ1n) is 11.0. The number of carbonyl (C=O) groups is 1. The minimum Gasteiger partial charge on any atom is -0.497 e. The summed E-state index contributed by atoms with van der Waals surface area (Å²) in [5.41, 5.74) is 0. The molecule has 1 aromatic rings. The van der Waals surface area contributed by atoms with E-state index in [1.165, 1.54) is 25.7 Å². The van der Waals surface area contributed by atoms with Crippen LogP contribution in [-0.2, 0) is 14.8 Å². The Hall–Kier alpha value is -1.25. The highest BCUT2D eigenvalue weighted by Crippen LogP contribution is 2.45. The van der Waals surface area contributed by atoms with Crippen molar-refractivity contribution in [2.75, 3.05) is 32.5 Å². The summed E-state index contributed by atoms with van der Waals surface area (Å²) in [6.07, 6.45) is 8.19. The number of piperidine rings is 1. The molecule has 0 unspecified atom stereocenters. The van der Waals surface area contributed by atoms with Crippen LogP contribution in [0.3, 0.4) is 0 Å². The molecule has 2 aliphatic heterocycles. The van der Waals surface area contributed by atoms with Crippen LogP contribution in [0.4, 0.5) is 0 Å². The zero-order valence-electron chi connectivity index (χ0n) is 17.7. The predicted octanol–water partition coefficient (Wildman–Crippen LogP) is 3.72. The fraction of sp³-hybridized carbons (Fsp3) is 0.682. The number of methoxy groups -OCH3 is 1. The maximum absolute atomic E-state index is 13.1. The minimum absolute atomic E-state index is 0.224. The van der Waals surface area contributed by atoms with E-state index < -0.39 is 10.0 Å². The van der Waals surface area contributed by atoms with Gasteiger partial charge in [0.25, 0.3) is 0 Å². The summed E-state index contributed by atoms with van der Waals surface area (Å²) in [5, 5.41) is 0. The van der Waals surface area contributed by atoms with Gasteiger partial charge in [0, 0.05) is 31.8 Å². The van der Waals surface area contributed by atoms with Gasteiger partial charge in [-0.1, -0.05) is 25.7 Å². The number of nitrogens with zero attached hydrogens (tertiary/aromatic N) is 2. The fourth-order valence-corrected chi connectivity index (χ4v) is 8.02. The van der Waals surface area contributed by atoms with Gasteiger partial charge in [0.05, 0.1) is 16.9 Å². The Labute approximate surface area is 184 Å². The van der Waals surface area contributed by atoms with Crippen LogP contribution in [-0.4, -0.2) is 60.9 Å². The first-order chi connectivity index (χ1) is 14.4. The highest BCUT2D eigenvalue weighted by Gasteiger charge is 2.47. The number of amides is 1. The molecule has 0 aromatic heterocycles. The lowest BCUT2D eigenvalue weighted by atomic mass is 9.99. The summed E-state index contributed by atoms with van der Waals surface area (Å²) in [4.78, 5) is 15.1. The van der Waals surface area contributed by atoms with Gasteiger partial charge >= 0.3 is 0 Å². The molecule has 2 saturated heterocycles. The molecule has 0 atom stereocenters. The topological polar surface area (TPSA) is 66.9 Å². The average Bonchev–Trinajstić information content (AvgIpc) is 3.43. The lowest BCUT2D eigenvalue weighted by molar-refractivity contribution is -0.134. The van der Waals surface area contributed by atoms with E-state index in [1.807, 2.05) is 11.8 Å². The number of hydrogen-bond donors (Lipinski definition) is 0. The van der Waals surface area contributed by atoms with Gasteiger partial charge in [-0.3, -0.25) is 4.79 Å². The summed E-state index contributed by atoms with van der Waals surface area (Å²) in [6.45, 7) is 1.70. The van der Waals surface area contributed by atoms with Crippen molar-refractivity contribution in [1.82, 2.24) is 9.21 Å². The first-order valence-corrected chi connectivity index (χ1v) is 13.5. The van der Waals surface area contributed by atoms with Crippen molar-refractivity contribution < 1.29 is 17.9 Å². The lowest BCUT2D eigenvalue weighted by Gasteiger charge is -2.43. The van der Waals surface area contributed by atoms with E-state index >= 15 is 0 Å². The number of ether oxygens (including phenoxy) is 1. The SMILES string of the molecule is COc1ccc(S(=O)(=O)N2CCC3(CC2)SCCN3C(=O)CCC2CCCC2)cc1. The van der Waals surface area contributed by atoms with Crippen molar-refractivity contribution in [1.29, 1.82) is 0 Å². The van der Waals surface area contributed by atoms with Crippen molar-refractivity contribution in [2.24, 2.45) is 5.92 Å². The van der Waals surface area contributed by atoms with Gasteiger partial charge in [0.1, 0.15) is 5.75 Å². The molecule has 2 heterocycles. The molecule has 0 bridgehead atoms. The Balaban J connectivity index is 1.38. The Kier molecular flexibility index (Phi) is 6.65. The van der Waals surface area contributed by atoms with E-state index in [9.17, 15) is 13.2 Å². The van der Waals surface area contributed by atoms with Crippen molar-refractivity contribution in [3.05, 3.63) is 24.3 Å². The third-order valence-corrected chi connectivity index (χ3v) is 10.4. The second-order valence-corrected chi connectivity index (χ2v) is 12.0. The molecule has 1 aromatic carbocycles. The monoisotopic (exact) mass is 452 g/mol. The number of carbonyl (C=O) groups excluding carboxylic acids is 1. The standard InChI is InChI=1S/C22H32N2O4S2/c1-28-19-7-9-20(10-8-19)30(26,27)23-14-12-22(13-15-23)24(16-17-29-22)21(25)11-6-18-4-2-3-5-18/h7-10,18H,2-6,11-17H2,1H3. The first kappa shape index (κ1) is 22.0. The molecule has 0 N–H and O–H groups in total. The van der Waals surface area contributed by atoms with Gasteiger partial charge < -0.3 is 9.64 Å². The number of benzene rings is 1. The molecule has 3 fully saturated rings. The molecule has 30 heavy (non-hydrogen) atoms. The van der Waals surface area contributed by atoms with E-state index in [2.05, 4.69) is 4.90 Å². The third-order valence-electron chi connectivity index (χ3n) is 6.92. The summed E-state index contributed by atoms with van der Waals surface area (Å²) in [5.74, 6) is 2.57. The Morgan fingerprint density at radius 1 is 1.13 bits per heavy atom. The highest BCUT2D eigenvalue weighted by molar-refractivity contribution is 8.00. The molecule has 4 rings (SSSR count). The minimum atomic E-state index is -3.53. The number of sulfonamides is 1. The quantitative estimate of drug-likeness (QED) is 0.658. The number of rotatable bonds is 6. The van der Waals surface area contributed by atoms with Crippen LogP contribution >= 0.6 is 11.8 Å². The van der Waals surface area contributed by atoms with E-state index in [0.29, 0.717) is 43.0 Å². The zero-order chi connectivity index (χ0) is 21.2. The molecular formula is C22H32N2O4S2. The largest absolute Gasteiger partial charge is 0.497 e. The van der Waals surface area contributed by atoms with Crippen molar-refractivity contribution >= 4 is 27.7 Å². The van der Waals surface area contributed by atoms with Crippen LogP contribution in [0.1, 0.15) is 51.4 Å². The van der Waals surface area contributed by atoms with Gasteiger partial charge in [0.15, 0.2) is 0 Å². The van der Waals surface area contributed by atoms with Crippen LogP contribution in [0.15, 0.2) is 29.2 Å². The van der Waals surface area contributed by atoms with Crippen LogP contribution in [0.25, 0.3) is 0 Å². The summed E-state index contributed by atoms with van der Waals surface area (Å²) in [7, 11) is -1.96. The Morgan fingerprint density at radius 2 is 1.80 bits per heavy atom. The number of hydrogen-bond acceptors (Lipinski definition) is 5. The molecule has 166 valence electrons. The predicted molar refractivity (Wildman–Crippen MR) is 119 cm³/mol. The normalized spacial score (nSPS) is 22.6. The maximum Gasteiger partial charge on any atom is 0.243 e.